The van der Waals surface area contributed by atoms with Crippen LogP contribution in [0.3, 0.4) is 0 Å². The van der Waals surface area contributed by atoms with Gasteiger partial charge in [0.05, 0.1) is 12.2 Å². The first kappa shape index (κ1) is 24.2. The van der Waals surface area contributed by atoms with Gasteiger partial charge in [0, 0.05) is 31.3 Å². The van der Waals surface area contributed by atoms with Crippen LogP contribution >= 0.6 is 0 Å². The molecule has 1 aromatic carbocycles. The molecule has 1 aliphatic rings. The molecule has 0 unspecified atom stereocenters. The van der Waals surface area contributed by atoms with Gasteiger partial charge in [-0.1, -0.05) is 19.0 Å². The topological polar surface area (TPSA) is 131 Å². The molecule has 3 amide bonds. The normalized spacial score (nSPS) is 16.7. The van der Waals surface area contributed by atoms with Gasteiger partial charge in [-0.05, 0) is 55.2 Å². The molecule has 35 heavy (non-hydrogen) atoms. The van der Waals surface area contributed by atoms with Gasteiger partial charge in [0.1, 0.15) is 6.04 Å². The largest absolute Gasteiger partial charge is 0.459 e. The highest BCUT2D eigenvalue weighted by atomic mass is 16.5. The van der Waals surface area contributed by atoms with Crippen molar-refractivity contribution >= 4 is 23.4 Å². The number of hydrogen-bond donors (Lipinski definition) is 2. The lowest BCUT2D eigenvalue weighted by Gasteiger charge is -2.34. The van der Waals surface area contributed by atoms with Gasteiger partial charge in [-0.2, -0.15) is 4.98 Å². The van der Waals surface area contributed by atoms with Crippen molar-refractivity contribution in [1.82, 2.24) is 20.4 Å². The van der Waals surface area contributed by atoms with E-state index in [2.05, 4.69) is 20.8 Å². The molecule has 10 heteroatoms. The van der Waals surface area contributed by atoms with Gasteiger partial charge in [-0.25, -0.2) is 0 Å². The number of piperidine rings is 1. The Bertz CT molecular complexity index is 1170. The number of furan rings is 1. The molecular formula is C25H29N5O5. The average Bonchev–Trinajstić information content (AvgIpc) is 3.55. The van der Waals surface area contributed by atoms with Gasteiger partial charge in [-0.15, -0.1) is 0 Å². The Morgan fingerprint density at radius 1 is 1.14 bits per heavy atom. The van der Waals surface area contributed by atoms with Crippen molar-refractivity contribution in [2.75, 3.05) is 18.4 Å². The Morgan fingerprint density at radius 2 is 1.91 bits per heavy atom. The summed E-state index contributed by atoms with van der Waals surface area (Å²) < 4.78 is 10.7. The summed E-state index contributed by atoms with van der Waals surface area (Å²) in [6.45, 7) is 6.28. The fourth-order valence-corrected chi connectivity index (χ4v) is 4.13. The first-order valence-corrected chi connectivity index (χ1v) is 11.7. The molecule has 0 aliphatic carbocycles. The van der Waals surface area contributed by atoms with Crippen molar-refractivity contribution in [3.8, 4) is 11.4 Å². The predicted molar refractivity (Wildman–Crippen MR) is 127 cm³/mol. The van der Waals surface area contributed by atoms with Crippen molar-refractivity contribution < 1.29 is 23.3 Å². The van der Waals surface area contributed by atoms with E-state index in [1.54, 1.807) is 29.2 Å². The predicted octanol–water partition coefficient (Wildman–Crippen LogP) is 3.45. The molecule has 0 radical (unpaired) electrons. The molecule has 184 valence electrons. The monoisotopic (exact) mass is 479 g/mol. The molecule has 2 N–H and O–H groups in total. The third-order valence-corrected chi connectivity index (χ3v) is 5.95. The summed E-state index contributed by atoms with van der Waals surface area (Å²) in [6.07, 6.45) is 3.03. The Hall–Kier alpha value is -3.95. The second-order valence-corrected chi connectivity index (χ2v) is 9.01. The maximum atomic E-state index is 13.3. The van der Waals surface area contributed by atoms with E-state index in [9.17, 15) is 14.4 Å². The summed E-state index contributed by atoms with van der Waals surface area (Å²) in [5.41, 5.74) is 1.45. The fraction of sp³-hybridized carbons (Fsp3) is 0.400. The molecule has 0 bridgehead atoms. The summed E-state index contributed by atoms with van der Waals surface area (Å²) in [5.74, 6) is 0.200. The van der Waals surface area contributed by atoms with E-state index >= 15 is 0 Å². The standard InChI is InChI=1S/C25H29N5O5/c1-15(2)21(27-23(32)20-7-5-13-34-20)25(33)30-12-4-6-18(14-30)24-28-22(29-35-24)17-8-10-19(11-9-17)26-16(3)31/h5,7-11,13,15,18,21H,4,6,12,14H2,1-3H3,(H,26,31)(H,27,32)/t18-,21-/m1/s1. The van der Waals surface area contributed by atoms with Crippen molar-refractivity contribution in [1.29, 1.82) is 0 Å². The highest BCUT2D eigenvalue weighted by Gasteiger charge is 2.34. The highest BCUT2D eigenvalue weighted by Crippen LogP contribution is 2.28. The van der Waals surface area contributed by atoms with Crippen molar-refractivity contribution in [3.63, 3.8) is 0 Å². The minimum atomic E-state index is -0.674. The smallest absolute Gasteiger partial charge is 0.287 e. The number of anilines is 1. The van der Waals surface area contributed by atoms with E-state index in [0.717, 1.165) is 18.4 Å². The average molecular weight is 480 g/mol. The van der Waals surface area contributed by atoms with Gasteiger partial charge in [0.2, 0.25) is 23.5 Å². The molecule has 3 aromatic rings. The summed E-state index contributed by atoms with van der Waals surface area (Å²) in [6, 6.07) is 9.69. The Morgan fingerprint density at radius 3 is 2.57 bits per heavy atom. The van der Waals surface area contributed by atoms with Crippen molar-refractivity contribution in [2.24, 2.45) is 5.92 Å². The first-order chi connectivity index (χ1) is 16.8. The third kappa shape index (κ3) is 5.76. The molecule has 2 aromatic heterocycles. The van der Waals surface area contributed by atoms with Crippen LogP contribution in [0.1, 0.15) is 56.0 Å². The number of carbonyl (C=O) groups is 3. The van der Waals surface area contributed by atoms with E-state index < -0.39 is 11.9 Å². The zero-order valence-electron chi connectivity index (χ0n) is 20.0. The molecule has 1 aliphatic heterocycles. The van der Waals surface area contributed by atoms with E-state index in [1.165, 1.54) is 13.2 Å². The Labute approximate surface area is 203 Å². The van der Waals surface area contributed by atoms with E-state index in [1.807, 2.05) is 26.0 Å². The molecule has 3 heterocycles. The SMILES string of the molecule is CC(=O)Nc1ccc(-c2noc([C@@H]3CCCN(C(=O)[C@H](NC(=O)c4ccco4)C(C)C)C3)n2)cc1. The van der Waals surface area contributed by atoms with Crippen LogP contribution in [0, 0.1) is 5.92 Å². The molecule has 4 rings (SSSR count). The molecule has 0 spiro atoms. The minimum absolute atomic E-state index is 0.0961. The number of likely N-dealkylation sites (tertiary alicyclic amines) is 1. The maximum absolute atomic E-state index is 13.3. The number of nitrogens with zero attached hydrogens (tertiary/aromatic N) is 3. The maximum Gasteiger partial charge on any atom is 0.287 e. The van der Waals surface area contributed by atoms with Gasteiger partial charge in [0.25, 0.3) is 5.91 Å². The van der Waals surface area contributed by atoms with Gasteiger partial charge < -0.3 is 24.5 Å². The number of hydrogen-bond acceptors (Lipinski definition) is 7. The van der Waals surface area contributed by atoms with E-state index in [4.69, 9.17) is 8.94 Å². The van der Waals surface area contributed by atoms with Crippen LogP contribution in [0.25, 0.3) is 11.4 Å². The zero-order chi connectivity index (χ0) is 24.9. The number of amides is 3. The quantitative estimate of drug-likeness (QED) is 0.531. The number of benzene rings is 1. The second-order valence-electron chi connectivity index (χ2n) is 9.01. The van der Waals surface area contributed by atoms with Crippen LogP contribution < -0.4 is 10.6 Å². The van der Waals surface area contributed by atoms with Crippen LogP contribution in [-0.4, -0.2) is 51.9 Å². The van der Waals surface area contributed by atoms with Crippen LogP contribution in [0.2, 0.25) is 0 Å². The lowest BCUT2D eigenvalue weighted by atomic mass is 9.95. The lowest BCUT2D eigenvalue weighted by Crippen LogP contribution is -2.53. The second kappa shape index (κ2) is 10.5. The summed E-state index contributed by atoms with van der Waals surface area (Å²) in [4.78, 5) is 43.3. The summed E-state index contributed by atoms with van der Waals surface area (Å²) in [5, 5.41) is 9.64. The molecule has 10 nitrogen and oxygen atoms in total. The summed E-state index contributed by atoms with van der Waals surface area (Å²) in [7, 11) is 0. The minimum Gasteiger partial charge on any atom is -0.459 e. The third-order valence-electron chi connectivity index (χ3n) is 5.95. The number of nitrogens with one attached hydrogen (secondary N) is 2. The zero-order valence-corrected chi connectivity index (χ0v) is 20.0. The molecular weight excluding hydrogens is 450 g/mol. The fourth-order valence-electron chi connectivity index (χ4n) is 4.13. The Balaban J connectivity index is 1.43. The van der Waals surface area contributed by atoms with Crippen LogP contribution in [0.5, 0.6) is 0 Å². The molecule has 1 saturated heterocycles. The first-order valence-electron chi connectivity index (χ1n) is 11.7. The lowest BCUT2D eigenvalue weighted by molar-refractivity contribution is -0.135. The van der Waals surface area contributed by atoms with Gasteiger partial charge >= 0.3 is 0 Å². The van der Waals surface area contributed by atoms with Crippen LogP contribution in [0.4, 0.5) is 5.69 Å². The number of carbonyl (C=O) groups excluding carboxylic acids is 3. The van der Waals surface area contributed by atoms with Crippen LogP contribution in [0.15, 0.2) is 51.6 Å². The van der Waals surface area contributed by atoms with E-state index in [-0.39, 0.29) is 29.4 Å². The van der Waals surface area contributed by atoms with Gasteiger partial charge in [-0.3, -0.25) is 14.4 Å². The highest BCUT2D eigenvalue weighted by molar-refractivity contribution is 5.95. The summed E-state index contributed by atoms with van der Waals surface area (Å²) >= 11 is 0. The van der Waals surface area contributed by atoms with Crippen molar-refractivity contribution in [2.45, 2.75) is 45.6 Å². The molecule has 0 saturated carbocycles. The molecule has 2 atom stereocenters. The van der Waals surface area contributed by atoms with E-state index in [0.29, 0.717) is 30.5 Å². The number of aromatic nitrogens is 2. The molecule has 1 fully saturated rings. The number of rotatable bonds is 7. The Kier molecular flexibility index (Phi) is 7.28. The van der Waals surface area contributed by atoms with Crippen LogP contribution in [-0.2, 0) is 9.59 Å². The van der Waals surface area contributed by atoms with Gasteiger partial charge in [0.15, 0.2) is 5.76 Å². The van der Waals surface area contributed by atoms with Crippen molar-refractivity contribution in [3.05, 3.63) is 54.3 Å².